The Bertz CT molecular complexity index is 164. The molecule has 0 bridgehead atoms. The van der Waals surface area contributed by atoms with Crippen LogP contribution in [-0.4, -0.2) is 30.6 Å². The van der Waals surface area contributed by atoms with E-state index >= 15 is 0 Å². The molecule has 0 aliphatic rings. The van der Waals surface area contributed by atoms with Gasteiger partial charge in [-0.05, 0) is 30.8 Å². The van der Waals surface area contributed by atoms with Crippen molar-refractivity contribution >= 4 is 0 Å². The predicted molar refractivity (Wildman–Crippen MR) is 69.0 cm³/mol. The second-order valence-electron chi connectivity index (χ2n) is 5.65. The minimum atomic E-state index is 0.234. The van der Waals surface area contributed by atoms with Crippen LogP contribution in [0, 0.1) is 11.3 Å². The Hall–Kier alpha value is -0.0800. The summed E-state index contributed by atoms with van der Waals surface area (Å²) in [5.41, 5.74) is 6.03. The van der Waals surface area contributed by atoms with Crippen molar-refractivity contribution in [3.05, 3.63) is 0 Å². The molecule has 0 radical (unpaired) electrons. The van der Waals surface area contributed by atoms with E-state index in [1.54, 1.807) is 0 Å². The van der Waals surface area contributed by atoms with Crippen LogP contribution in [-0.2, 0) is 0 Å². The summed E-state index contributed by atoms with van der Waals surface area (Å²) in [4.78, 5) is 2.58. The third kappa shape index (κ3) is 4.98. The molecule has 0 aromatic rings. The third-order valence-electron chi connectivity index (χ3n) is 3.25. The van der Waals surface area contributed by atoms with Crippen molar-refractivity contribution in [3.63, 3.8) is 0 Å². The molecule has 0 heterocycles. The predicted octanol–water partition coefficient (Wildman–Crippen LogP) is 2.73. The van der Waals surface area contributed by atoms with Gasteiger partial charge in [-0.3, -0.25) is 4.90 Å². The Morgan fingerprint density at radius 3 is 2.00 bits per heavy atom. The van der Waals surface area contributed by atoms with Crippen LogP contribution in [0.15, 0.2) is 0 Å². The number of nitrogens with zero attached hydrogens (tertiary/aromatic N) is 1. The molecule has 2 heteroatoms. The monoisotopic (exact) mass is 214 g/mol. The van der Waals surface area contributed by atoms with Gasteiger partial charge in [-0.25, -0.2) is 0 Å². The molecule has 0 spiro atoms. The zero-order chi connectivity index (χ0) is 12.1. The highest BCUT2D eigenvalue weighted by Gasteiger charge is 2.25. The molecule has 0 aliphatic heterocycles. The van der Waals surface area contributed by atoms with Crippen molar-refractivity contribution in [3.8, 4) is 0 Å². The van der Waals surface area contributed by atoms with Gasteiger partial charge in [0.2, 0.25) is 0 Å². The molecule has 1 atom stereocenters. The number of rotatable bonds is 7. The molecule has 92 valence electrons. The highest BCUT2D eigenvalue weighted by molar-refractivity contribution is 4.80. The molecule has 0 fully saturated rings. The second kappa shape index (κ2) is 6.49. The van der Waals surface area contributed by atoms with Crippen molar-refractivity contribution < 1.29 is 0 Å². The molecule has 2 N–H and O–H groups in total. The minimum absolute atomic E-state index is 0.234. The number of hydrogen-bond acceptors (Lipinski definition) is 2. The molecule has 0 rings (SSSR count). The van der Waals surface area contributed by atoms with E-state index in [4.69, 9.17) is 5.73 Å². The van der Waals surface area contributed by atoms with E-state index < -0.39 is 0 Å². The molecule has 2 nitrogen and oxygen atoms in total. The fourth-order valence-corrected chi connectivity index (χ4v) is 2.23. The maximum atomic E-state index is 5.80. The van der Waals surface area contributed by atoms with E-state index in [1.165, 1.54) is 6.42 Å². The van der Waals surface area contributed by atoms with E-state index in [0.29, 0.717) is 6.04 Å². The van der Waals surface area contributed by atoms with Crippen LogP contribution < -0.4 is 5.73 Å². The molecule has 0 saturated carbocycles. The van der Waals surface area contributed by atoms with Crippen LogP contribution in [0.25, 0.3) is 0 Å². The average molecular weight is 214 g/mol. The molecule has 1 unspecified atom stereocenters. The molecule has 0 aromatic heterocycles. The second-order valence-corrected chi connectivity index (χ2v) is 5.65. The normalized spacial score (nSPS) is 15.0. The Balaban J connectivity index is 4.46. The molecule has 0 amide bonds. The van der Waals surface area contributed by atoms with Gasteiger partial charge in [0.25, 0.3) is 0 Å². The lowest BCUT2D eigenvalue weighted by atomic mass is 9.90. The van der Waals surface area contributed by atoms with E-state index in [1.807, 2.05) is 0 Å². The quantitative estimate of drug-likeness (QED) is 0.706. The summed E-state index contributed by atoms with van der Waals surface area (Å²) in [6.45, 7) is 16.7. The van der Waals surface area contributed by atoms with Crippen LogP contribution >= 0.6 is 0 Å². The van der Waals surface area contributed by atoms with Crippen LogP contribution in [0.2, 0.25) is 0 Å². The number of nitrogens with two attached hydrogens (primary N) is 1. The van der Waals surface area contributed by atoms with Gasteiger partial charge < -0.3 is 5.73 Å². The summed E-state index contributed by atoms with van der Waals surface area (Å²) in [6, 6.07) is 0.695. The van der Waals surface area contributed by atoms with Gasteiger partial charge in [0, 0.05) is 12.6 Å². The molecule has 0 saturated heterocycles. The molecule has 0 aliphatic carbocycles. The van der Waals surface area contributed by atoms with Crippen molar-refractivity contribution in [2.75, 3.05) is 19.6 Å². The SMILES string of the molecule is CCC(C(C)C)N(CC)CC(C)(C)CN. The first-order chi connectivity index (χ1) is 6.87. The fourth-order valence-electron chi connectivity index (χ4n) is 2.23. The zero-order valence-electron chi connectivity index (χ0n) is 11.5. The van der Waals surface area contributed by atoms with Crippen molar-refractivity contribution in [1.82, 2.24) is 4.90 Å². The lowest BCUT2D eigenvalue weighted by Gasteiger charge is -2.38. The summed E-state index contributed by atoms with van der Waals surface area (Å²) >= 11 is 0. The molecular weight excluding hydrogens is 184 g/mol. The van der Waals surface area contributed by atoms with Gasteiger partial charge in [0.1, 0.15) is 0 Å². The highest BCUT2D eigenvalue weighted by atomic mass is 15.2. The maximum absolute atomic E-state index is 5.80. The van der Waals surface area contributed by atoms with E-state index in [-0.39, 0.29) is 5.41 Å². The Labute approximate surface area is 96.2 Å². The largest absolute Gasteiger partial charge is 0.330 e. The Kier molecular flexibility index (Phi) is 6.46. The van der Waals surface area contributed by atoms with Crippen molar-refractivity contribution in [2.45, 2.75) is 54.0 Å². The minimum Gasteiger partial charge on any atom is -0.330 e. The lowest BCUT2D eigenvalue weighted by Crippen LogP contribution is -2.45. The zero-order valence-corrected chi connectivity index (χ0v) is 11.5. The van der Waals surface area contributed by atoms with Gasteiger partial charge in [0.15, 0.2) is 0 Å². The first-order valence-corrected chi connectivity index (χ1v) is 6.32. The van der Waals surface area contributed by atoms with Gasteiger partial charge in [-0.15, -0.1) is 0 Å². The van der Waals surface area contributed by atoms with Gasteiger partial charge >= 0.3 is 0 Å². The summed E-state index contributed by atoms with van der Waals surface area (Å²) in [6.07, 6.45) is 1.23. The fraction of sp³-hybridized carbons (Fsp3) is 1.00. The maximum Gasteiger partial charge on any atom is 0.0116 e. The summed E-state index contributed by atoms with van der Waals surface area (Å²) < 4.78 is 0. The Morgan fingerprint density at radius 1 is 1.20 bits per heavy atom. The van der Waals surface area contributed by atoms with E-state index in [0.717, 1.165) is 25.6 Å². The van der Waals surface area contributed by atoms with Crippen LogP contribution in [0.4, 0.5) is 0 Å². The summed E-state index contributed by atoms with van der Waals surface area (Å²) in [7, 11) is 0. The van der Waals surface area contributed by atoms with Gasteiger partial charge in [-0.2, -0.15) is 0 Å². The van der Waals surface area contributed by atoms with E-state index in [9.17, 15) is 0 Å². The highest BCUT2D eigenvalue weighted by Crippen LogP contribution is 2.21. The van der Waals surface area contributed by atoms with Gasteiger partial charge in [0.05, 0.1) is 0 Å². The number of hydrogen-bond donors (Lipinski definition) is 1. The van der Waals surface area contributed by atoms with Crippen LogP contribution in [0.5, 0.6) is 0 Å². The van der Waals surface area contributed by atoms with E-state index in [2.05, 4.69) is 46.4 Å². The Morgan fingerprint density at radius 2 is 1.73 bits per heavy atom. The summed E-state index contributed by atoms with van der Waals surface area (Å²) in [5.74, 6) is 0.725. The molecule has 15 heavy (non-hydrogen) atoms. The summed E-state index contributed by atoms with van der Waals surface area (Å²) in [5, 5.41) is 0. The standard InChI is InChI=1S/C13H30N2/c1-7-12(11(3)4)15(8-2)10-13(5,6)9-14/h11-12H,7-10,14H2,1-6H3. The van der Waals surface area contributed by atoms with Gasteiger partial charge in [-0.1, -0.05) is 41.5 Å². The average Bonchev–Trinajstić information content (AvgIpc) is 2.16. The smallest absolute Gasteiger partial charge is 0.0116 e. The molecular formula is C13H30N2. The topological polar surface area (TPSA) is 29.3 Å². The first kappa shape index (κ1) is 14.9. The first-order valence-electron chi connectivity index (χ1n) is 6.32. The van der Waals surface area contributed by atoms with Crippen molar-refractivity contribution in [1.29, 1.82) is 0 Å². The lowest BCUT2D eigenvalue weighted by molar-refractivity contribution is 0.107. The third-order valence-corrected chi connectivity index (χ3v) is 3.25. The van der Waals surface area contributed by atoms with Crippen LogP contribution in [0.3, 0.4) is 0 Å². The van der Waals surface area contributed by atoms with Crippen molar-refractivity contribution in [2.24, 2.45) is 17.1 Å². The molecule has 0 aromatic carbocycles. The van der Waals surface area contributed by atoms with Crippen LogP contribution in [0.1, 0.15) is 48.0 Å².